The summed E-state index contributed by atoms with van der Waals surface area (Å²) in [7, 11) is 0. The molecule has 1 amide bonds. The van der Waals surface area contributed by atoms with E-state index in [-0.39, 0.29) is 22.7 Å². The van der Waals surface area contributed by atoms with E-state index in [9.17, 15) is 14.0 Å². The summed E-state index contributed by atoms with van der Waals surface area (Å²) in [5.74, 6) is -1.47. The molecular formula is C17H14BrFN2O3. The van der Waals surface area contributed by atoms with Gasteiger partial charge in [0.25, 0.3) is 5.91 Å². The molecule has 24 heavy (non-hydrogen) atoms. The predicted octanol–water partition coefficient (Wildman–Crippen LogP) is 3.18. The maximum atomic E-state index is 13.9. The highest BCUT2D eigenvalue weighted by atomic mass is 79.9. The number of H-pyrrole nitrogens is 1. The second-order valence-electron chi connectivity index (χ2n) is 5.24. The van der Waals surface area contributed by atoms with Gasteiger partial charge in [0.2, 0.25) is 0 Å². The third-order valence-electron chi connectivity index (χ3n) is 3.62. The summed E-state index contributed by atoms with van der Waals surface area (Å²) in [5, 5.41) is 2.77. The van der Waals surface area contributed by atoms with Gasteiger partial charge in [-0.05, 0) is 40.2 Å². The van der Waals surface area contributed by atoms with Crippen molar-refractivity contribution in [1.82, 2.24) is 10.3 Å². The third-order valence-corrected chi connectivity index (χ3v) is 4.28. The van der Waals surface area contributed by atoms with Crippen LogP contribution in [-0.4, -0.2) is 29.9 Å². The zero-order valence-electron chi connectivity index (χ0n) is 12.6. The van der Waals surface area contributed by atoms with Gasteiger partial charge < -0.3 is 15.0 Å². The van der Waals surface area contributed by atoms with E-state index < -0.39 is 11.6 Å². The summed E-state index contributed by atoms with van der Waals surface area (Å²) in [6.45, 7) is 1.02. The molecule has 0 bridgehead atoms. The van der Waals surface area contributed by atoms with Crippen LogP contribution >= 0.6 is 15.9 Å². The number of rotatable bonds is 4. The molecule has 0 aliphatic carbocycles. The predicted molar refractivity (Wildman–Crippen MR) is 89.3 cm³/mol. The lowest BCUT2D eigenvalue weighted by atomic mass is 10.1. The molecule has 3 rings (SSSR count). The Hall–Kier alpha value is -2.25. The van der Waals surface area contributed by atoms with E-state index >= 15 is 0 Å². The number of ether oxygens (including phenoxy) is 1. The second kappa shape index (κ2) is 7.11. The Bertz CT molecular complexity index is 809. The van der Waals surface area contributed by atoms with E-state index in [1.165, 1.54) is 24.4 Å². The summed E-state index contributed by atoms with van der Waals surface area (Å²) < 4.78 is 19.4. The van der Waals surface area contributed by atoms with Crippen LogP contribution in [0.3, 0.4) is 0 Å². The van der Waals surface area contributed by atoms with E-state index in [0.717, 1.165) is 5.70 Å². The Balaban J connectivity index is 1.79. The lowest BCUT2D eigenvalue weighted by Gasteiger charge is -2.13. The molecule has 0 radical (unpaired) electrons. The highest BCUT2D eigenvalue weighted by molar-refractivity contribution is 9.10. The highest BCUT2D eigenvalue weighted by Gasteiger charge is 2.20. The largest absolute Gasteiger partial charge is 0.377 e. The summed E-state index contributed by atoms with van der Waals surface area (Å²) >= 11 is 3.18. The zero-order chi connectivity index (χ0) is 17.1. The number of nitrogens with one attached hydrogen (secondary N) is 2. The number of hydrogen-bond acceptors (Lipinski definition) is 3. The van der Waals surface area contributed by atoms with Crippen molar-refractivity contribution in [3.8, 4) is 0 Å². The van der Waals surface area contributed by atoms with Gasteiger partial charge in [-0.1, -0.05) is 6.07 Å². The number of amides is 1. The Labute approximate surface area is 146 Å². The fourth-order valence-electron chi connectivity index (χ4n) is 2.37. The van der Waals surface area contributed by atoms with Gasteiger partial charge in [-0.2, -0.15) is 0 Å². The number of carbonyl (C=O) groups excluding carboxylic acids is 2. The summed E-state index contributed by atoms with van der Waals surface area (Å²) in [5.41, 5.74) is 1.17. The minimum atomic E-state index is -0.617. The van der Waals surface area contributed by atoms with Gasteiger partial charge in [0.15, 0.2) is 5.78 Å². The van der Waals surface area contributed by atoms with E-state index in [1.807, 2.05) is 0 Å². The van der Waals surface area contributed by atoms with Crippen molar-refractivity contribution in [2.75, 3.05) is 13.2 Å². The van der Waals surface area contributed by atoms with Gasteiger partial charge in [0.1, 0.15) is 11.5 Å². The van der Waals surface area contributed by atoms with E-state index in [1.54, 1.807) is 12.1 Å². The molecule has 0 saturated heterocycles. The zero-order valence-corrected chi connectivity index (χ0v) is 14.2. The van der Waals surface area contributed by atoms with Gasteiger partial charge in [-0.3, -0.25) is 9.59 Å². The van der Waals surface area contributed by atoms with Gasteiger partial charge in [-0.15, -0.1) is 0 Å². The van der Waals surface area contributed by atoms with Crippen LogP contribution in [0.15, 0.2) is 46.7 Å². The summed E-state index contributed by atoms with van der Waals surface area (Å²) in [6, 6.07) is 5.73. The van der Waals surface area contributed by atoms with Crippen molar-refractivity contribution in [1.29, 1.82) is 0 Å². The van der Waals surface area contributed by atoms with E-state index in [0.29, 0.717) is 24.1 Å². The lowest BCUT2D eigenvalue weighted by Crippen LogP contribution is -2.26. The molecule has 0 unspecified atom stereocenters. The second-order valence-corrected chi connectivity index (χ2v) is 6.09. The quantitative estimate of drug-likeness (QED) is 0.784. The molecule has 0 spiro atoms. The van der Waals surface area contributed by atoms with E-state index in [2.05, 4.69) is 26.2 Å². The number of halogens is 2. The van der Waals surface area contributed by atoms with Crippen LogP contribution in [-0.2, 0) is 4.74 Å². The van der Waals surface area contributed by atoms with Crippen LogP contribution < -0.4 is 5.32 Å². The smallest absolute Gasteiger partial charge is 0.271 e. The van der Waals surface area contributed by atoms with Crippen molar-refractivity contribution in [3.63, 3.8) is 0 Å². The molecule has 1 aliphatic heterocycles. The third kappa shape index (κ3) is 3.47. The van der Waals surface area contributed by atoms with Gasteiger partial charge in [0.05, 0.1) is 18.8 Å². The minimum absolute atomic E-state index is 0.0596. The number of carbonyl (C=O) groups is 2. The first-order valence-corrected chi connectivity index (χ1v) is 8.11. The highest BCUT2D eigenvalue weighted by Crippen LogP contribution is 2.23. The Morgan fingerprint density at radius 1 is 1.33 bits per heavy atom. The van der Waals surface area contributed by atoms with Crippen molar-refractivity contribution in [2.24, 2.45) is 0 Å². The molecular weight excluding hydrogens is 379 g/mol. The van der Waals surface area contributed by atoms with Crippen LogP contribution in [0.4, 0.5) is 4.39 Å². The van der Waals surface area contributed by atoms with Crippen LogP contribution in [0.25, 0.3) is 0 Å². The summed E-state index contributed by atoms with van der Waals surface area (Å²) in [4.78, 5) is 27.4. The number of ketones is 1. The van der Waals surface area contributed by atoms with Gasteiger partial charge in [0, 0.05) is 28.4 Å². The normalized spacial score (nSPS) is 14.2. The molecule has 1 aromatic carbocycles. The van der Waals surface area contributed by atoms with Crippen molar-refractivity contribution in [2.45, 2.75) is 6.42 Å². The fourth-order valence-corrected chi connectivity index (χ4v) is 2.89. The molecule has 2 aromatic rings. The average Bonchev–Trinajstić information content (AvgIpc) is 3.05. The molecule has 0 atom stereocenters. The van der Waals surface area contributed by atoms with E-state index in [4.69, 9.17) is 4.74 Å². The van der Waals surface area contributed by atoms with Gasteiger partial charge >= 0.3 is 0 Å². The molecule has 1 aliphatic rings. The van der Waals surface area contributed by atoms with Crippen LogP contribution in [0, 0.1) is 5.82 Å². The molecule has 124 valence electrons. The molecule has 0 fully saturated rings. The van der Waals surface area contributed by atoms with Gasteiger partial charge in [-0.25, -0.2) is 4.39 Å². The maximum Gasteiger partial charge on any atom is 0.271 e. The van der Waals surface area contributed by atoms with Crippen molar-refractivity contribution in [3.05, 3.63) is 69.3 Å². The van der Waals surface area contributed by atoms with Crippen molar-refractivity contribution < 1.29 is 18.7 Å². The molecule has 7 heteroatoms. The first kappa shape index (κ1) is 16.6. The minimum Gasteiger partial charge on any atom is -0.377 e. The number of hydrogen-bond donors (Lipinski definition) is 2. The first-order chi connectivity index (χ1) is 11.6. The molecule has 2 N–H and O–H groups in total. The monoisotopic (exact) mass is 392 g/mol. The Morgan fingerprint density at radius 3 is 2.88 bits per heavy atom. The molecule has 5 nitrogen and oxygen atoms in total. The number of benzene rings is 1. The lowest BCUT2D eigenvalue weighted by molar-refractivity contribution is 0.0950. The molecule has 0 saturated carbocycles. The molecule has 2 heterocycles. The van der Waals surface area contributed by atoms with Crippen LogP contribution in [0.5, 0.6) is 0 Å². The summed E-state index contributed by atoms with van der Waals surface area (Å²) in [6.07, 6.45) is 3.82. The SMILES string of the molecule is O=C(NC1=CCOCC1)c1cc(C(=O)c2c(F)cccc2Br)c[nH]1. The van der Waals surface area contributed by atoms with Crippen molar-refractivity contribution >= 4 is 27.6 Å². The van der Waals surface area contributed by atoms with Crippen LogP contribution in [0.2, 0.25) is 0 Å². The number of aromatic nitrogens is 1. The average molecular weight is 393 g/mol. The Kier molecular flexibility index (Phi) is 4.92. The Morgan fingerprint density at radius 2 is 2.17 bits per heavy atom. The first-order valence-electron chi connectivity index (χ1n) is 7.31. The van der Waals surface area contributed by atoms with Crippen LogP contribution in [0.1, 0.15) is 32.8 Å². The topological polar surface area (TPSA) is 71.2 Å². The number of aromatic amines is 1. The standard InChI is InChI=1S/C17H14BrFN2O3/c18-12-2-1-3-13(19)15(12)16(22)10-8-14(20-9-10)17(23)21-11-4-6-24-7-5-11/h1-4,8-9,20H,5-7H2,(H,21,23). The fraction of sp³-hybridized carbons (Fsp3) is 0.176. The molecule has 1 aromatic heterocycles. The maximum absolute atomic E-state index is 13.9.